The van der Waals surface area contributed by atoms with Gasteiger partial charge in [-0.3, -0.25) is 4.90 Å². The Morgan fingerprint density at radius 2 is 2.40 bits per heavy atom. The average molecular weight is 213 g/mol. The summed E-state index contributed by atoms with van der Waals surface area (Å²) in [6.45, 7) is 7.20. The van der Waals surface area contributed by atoms with E-state index in [1.54, 1.807) is 13.8 Å². The van der Waals surface area contributed by atoms with Crippen LogP contribution in [0.1, 0.15) is 13.8 Å². The molecular formula is C10H15NO4. The molecule has 0 radical (unpaired) electrons. The van der Waals surface area contributed by atoms with Crippen molar-refractivity contribution in [3.8, 4) is 0 Å². The van der Waals surface area contributed by atoms with Gasteiger partial charge in [0, 0.05) is 0 Å². The van der Waals surface area contributed by atoms with Crippen LogP contribution in [0, 0.1) is 0 Å². The summed E-state index contributed by atoms with van der Waals surface area (Å²) in [5.41, 5.74) is -0.802. The summed E-state index contributed by atoms with van der Waals surface area (Å²) in [7, 11) is 0. The van der Waals surface area contributed by atoms with E-state index in [4.69, 9.17) is 9.47 Å². The normalized spacial score (nSPS) is 23.6. The highest BCUT2D eigenvalue weighted by Crippen LogP contribution is 2.26. The van der Waals surface area contributed by atoms with Crippen molar-refractivity contribution in [1.82, 2.24) is 4.90 Å². The van der Waals surface area contributed by atoms with Gasteiger partial charge in [0.25, 0.3) is 0 Å². The van der Waals surface area contributed by atoms with E-state index >= 15 is 0 Å². The number of carbonyl (C=O) groups excluding carboxylic acids is 2. The Labute approximate surface area is 88.6 Å². The van der Waals surface area contributed by atoms with Gasteiger partial charge in [0.05, 0.1) is 6.61 Å². The summed E-state index contributed by atoms with van der Waals surface area (Å²) in [5, 5.41) is 0. The van der Waals surface area contributed by atoms with E-state index in [2.05, 4.69) is 6.58 Å². The van der Waals surface area contributed by atoms with Crippen molar-refractivity contribution in [2.24, 2.45) is 0 Å². The molecule has 0 bridgehead atoms. The molecule has 5 heteroatoms. The topological polar surface area (TPSA) is 55.8 Å². The van der Waals surface area contributed by atoms with Crippen LogP contribution in [-0.2, 0) is 14.3 Å². The smallest absolute Gasteiger partial charge is 0.413 e. The predicted molar refractivity (Wildman–Crippen MR) is 53.3 cm³/mol. The van der Waals surface area contributed by atoms with Gasteiger partial charge < -0.3 is 14.3 Å². The Morgan fingerprint density at radius 1 is 1.73 bits per heavy atom. The van der Waals surface area contributed by atoms with Gasteiger partial charge in [-0.25, -0.2) is 4.79 Å². The molecule has 0 unspecified atom stereocenters. The second kappa shape index (κ2) is 4.44. The summed E-state index contributed by atoms with van der Waals surface area (Å²) in [5.74, 6) is 0. The molecule has 1 fully saturated rings. The number of nitrogens with zero attached hydrogens (tertiary/aromatic N) is 1. The zero-order valence-electron chi connectivity index (χ0n) is 8.93. The molecule has 1 aliphatic rings. The van der Waals surface area contributed by atoms with E-state index in [9.17, 15) is 9.59 Å². The van der Waals surface area contributed by atoms with Gasteiger partial charge in [0.15, 0.2) is 0 Å². The van der Waals surface area contributed by atoms with Crippen molar-refractivity contribution in [1.29, 1.82) is 0 Å². The fourth-order valence-electron chi connectivity index (χ4n) is 1.49. The maximum absolute atomic E-state index is 11.6. The molecule has 0 saturated carbocycles. The molecule has 0 aromatic rings. The molecule has 1 saturated heterocycles. The van der Waals surface area contributed by atoms with E-state index in [1.165, 1.54) is 11.0 Å². The number of hydrogen-bond donors (Lipinski definition) is 0. The first-order valence-corrected chi connectivity index (χ1v) is 4.69. The monoisotopic (exact) mass is 213 g/mol. The maximum atomic E-state index is 11.6. The van der Waals surface area contributed by atoms with Crippen LogP contribution in [-0.4, -0.2) is 42.3 Å². The van der Waals surface area contributed by atoms with E-state index in [-0.39, 0.29) is 13.2 Å². The van der Waals surface area contributed by atoms with Crippen LogP contribution in [0.5, 0.6) is 0 Å². The molecule has 0 spiro atoms. The van der Waals surface area contributed by atoms with Crippen LogP contribution >= 0.6 is 0 Å². The highest BCUT2D eigenvalue weighted by Gasteiger charge is 2.44. The van der Waals surface area contributed by atoms with Gasteiger partial charge in [-0.05, 0) is 13.8 Å². The lowest BCUT2D eigenvalue weighted by Gasteiger charge is -2.30. The fraction of sp³-hybridized carbons (Fsp3) is 0.600. The second-order valence-electron chi connectivity index (χ2n) is 3.70. The van der Waals surface area contributed by atoms with Crippen molar-refractivity contribution in [3.63, 3.8) is 0 Å². The summed E-state index contributed by atoms with van der Waals surface area (Å²) in [6, 6.07) is -0.572. The lowest BCUT2D eigenvalue weighted by Crippen LogP contribution is -2.48. The molecule has 1 amide bonds. The maximum Gasteiger partial charge on any atom is 0.413 e. The Balaban J connectivity index is 2.74. The number of ether oxygens (including phenoxy) is 2. The Bertz CT molecular complexity index is 275. The second-order valence-corrected chi connectivity index (χ2v) is 3.70. The van der Waals surface area contributed by atoms with Crippen molar-refractivity contribution < 1.29 is 19.1 Å². The van der Waals surface area contributed by atoms with Crippen molar-refractivity contribution in [2.45, 2.75) is 25.6 Å². The molecule has 15 heavy (non-hydrogen) atoms. The summed E-state index contributed by atoms with van der Waals surface area (Å²) in [4.78, 5) is 23.6. The number of amides is 1. The highest BCUT2D eigenvalue weighted by molar-refractivity contribution is 5.75. The Hall–Kier alpha value is -1.36. The molecule has 0 aromatic carbocycles. The Morgan fingerprint density at radius 3 is 2.93 bits per heavy atom. The van der Waals surface area contributed by atoms with Crippen LogP contribution in [0.4, 0.5) is 4.79 Å². The summed E-state index contributed by atoms with van der Waals surface area (Å²) < 4.78 is 10.2. The van der Waals surface area contributed by atoms with Gasteiger partial charge in [-0.15, -0.1) is 0 Å². The van der Waals surface area contributed by atoms with Crippen LogP contribution in [0.25, 0.3) is 0 Å². The zero-order chi connectivity index (χ0) is 11.5. The lowest BCUT2D eigenvalue weighted by atomic mass is 10.2. The molecule has 1 aliphatic heterocycles. The molecule has 0 aliphatic carbocycles. The summed E-state index contributed by atoms with van der Waals surface area (Å²) in [6.07, 6.45) is 1.59. The van der Waals surface area contributed by atoms with E-state index in [1.807, 2.05) is 0 Å². The molecule has 1 rings (SSSR count). The first-order valence-electron chi connectivity index (χ1n) is 4.69. The molecule has 1 heterocycles. The first kappa shape index (κ1) is 11.7. The third-order valence-corrected chi connectivity index (χ3v) is 2.20. The van der Waals surface area contributed by atoms with Crippen LogP contribution in [0.3, 0.4) is 0 Å². The van der Waals surface area contributed by atoms with Gasteiger partial charge in [-0.1, -0.05) is 12.7 Å². The van der Waals surface area contributed by atoms with E-state index in [0.717, 1.165) is 0 Å². The largest absolute Gasteiger partial charge is 0.445 e. The molecule has 0 N–H and O–H groups in total. The van der Waals surface area contributed by atoms with Gasteiger partial charge in [0.1, 0.15) is 24.7 Å². The van der Waals surface area contributed by atoms with E-state index < -0.39 is 17.9 Å². The average Bonchev–Trinajstić information content (AvgIpc) is 2.50. The molecule has 0 aromatic heterocycles. The number of aldehydes is 1. The van der Waals surface area contributed by atoms with Crippen LogP contribution in [0.2, 0.25) is 0 Å². The van der Waals surface area contributed by atoms with Crippen LogP contribution in [0.15, 0.2) is 12.7 Å². The van der Waals surface area contributed by atoms with Gasteiger partial charge in [-0.2, -0.15) is 0 Å². The van der Waals surface area contributed by atoms with Gasteiger partial charge >= 0.3 is 6.09 Å². The molecule has 1 atom stereocenters. The minimum atomic E-state index is -0.802. The molecule has 84 valence electrons. The number of hydrogen-bond acceptors (Lipinski definition) is 4. The number of rotatable bonds is 3. The van der Waals surface area contributed by atoms with Crippen molar-refractivity contribution in [3.05, 3.63) is 12.7 Å². The zero-order valence-corrected chi connectivity index (χ0v) is 8.93. The fourth-order valence-corrected chi connectivity index (χ4v) is 1.49. The third kappa shape index (κ3) is 2.36. The number of carbonyl (C=O) groups is 2. The van der Waals surface area contributed by atoms with Crippen LogP contribution < -0.4 is 0 Å². The SMILES string of the molecule is C=CCOC(=O)N1[C@@H](C=O)COC1(C)C. The third-order valence-electron chi connectivity index (χ3n) is 2.20. The quantitative estimate of drug-likeness (QED) is 0.517. The van der Waals surface area contributed by atoms with Crippen molar-refractivity contribution >= 4 is 12.4 Å². The van der Waals surface area contributed by atoms with E-state index in [0.29, 0.717) is 6.29 Å². The molecular weight excluding hydrogens is 198 g/mol. The Kier molecular flexibility index (Phi) is 3.47. The highest BCUT2D eigenvalue weighted by atomic mass is 16.6. The van der Waals surface area contributed by atoms with Gasteiger partial charge in [0.2, 0.25) is 0 Å². The minimum absolute atomic E-state index is 0.122. The predicted octanol–water partition coefficient (Wildman–Crippen LogP) is 0.945. The lowest BCUT2D eigenvalue weighted by molar-refractivity contribution is -0.112. The molecule has 5 nitrogen and oxygen atoms in total. The van der Waals surface area contributed by atoms with Crippen molar-refractivity contribution in [2.75, 3.05) is 13.2 Å². The first-order chi connectivity index (χ1) is 7.03. The standard InChI is InChI=1S/C10H15NO4/c1-4-5-14-9(13)11-8(6-12)7-15-10(11,2)3/h4,6,8H,1,5,7H2,2-3H3/t8-/m0/s1. The summed E-state index contributed by atoms with van der Waals surface area (Å²) >= 11 is 0. The minimum Gasteiger partial charge on any atom is -0.445 e.